The Balaban J connectivity index is 0.000000921. The molecule has 0 nitrogen and oxygen atoms in total. The zero-order valence-electron chi connectivity index (χ0n) is 9.34. The van der Waals surface area contributed by atoms with Crippen LogP contribution in [0, 0.1) is 6.07 Å². The van der Waals surface area contributed by atoms with Crippen LogP contribution >= 0.6 is 25.4 Å². The fraction of sp³-hybridized carbons (Fsp3) is 0.500. The van der Waals surface area contributed by atoms with Crippen LogP contribution in [0.2, 0.25) is 0 Å². The fourth-order valence-electron chi connectivity index (χ4n) is 1.18. The first kappa shape index (κ1) is 15.7. The SMILES string of the molecule is CCCCCCSc1[c-]cccc1.[Zn+][Br]. The molecule has 3 heteroatoms. The summed E-state index contributed by atoms with van der Waals surface area (Å²) in [5, 5.41) is 0. The van der Waals surface area contributed by atoms with Gasteiger partial charge in [-0.3, -0.25) is 0 Å². The summed E-state index contributed by atoms with van der Waals surface area (Å²) in [4.78, 5) is 1.28. The van der Waals surface area contributed by atoms with Gasteiger partial charge in [-0.25, -0.2) is 0 Å². The first-order chi connectivity index (χ1) is 7.43. The van der Waals surface area contributed by atoms with Gasteiger partial charge in [-0.1, -0.05) is 26.2 Å². The number of hydrogen-bond donors (Lipinski definition) is 0. The molecule has 0 heterocycles. The zero-order chi connectivity index (χ0) is 11.4. The number of halogens is 1. The van der Waals surface area contributed by atoms with Crippen molar-refractivity contribution in [2.24, 2.45) is 0 Å². The van der Waals surface area contributed by atoms with Gasteiger partial charge < -0.3 is 0 Å². The van der Waals surface area contributed by atoms with Crippen LogP contribution in [0.4, 0.5) is 0 Å². The number of rotatable bonds is 6. The second-order valence-corrected chi connectivity index (χ2v) is 4.27. The second kappa shape index (κ2) is 12.7. The standard InChI is InChI=1S/C12H17S.BrH.Zn/c1-2-3-4-8-11-13-12-9-6-5-7-10-12;;/h5-7,9H,2-4,8,11H2,1H3;1H;/q-1;;+2/p-1. The van der Waals surface area contributed by atoms with E-state index < -0.39 is 0 Å². The molecule has 0 N–H and O–H groups in total. The van der Waals surface area contributed by atoms with Gasteiger partial charge >= 0.3 is 30.0 Å². The third-order valence-corrected chi connectivity index (χ3v) is 2.99. The van der Waals surface area contributed by atoms with Crippen molar-refractivity contribution in [3.63, 3.8) is 0 Å². The first-order valence-corrected chi connectivity index (χ1v) is 13.2. The Morgan fingerprint density at radius 2 is 2.07 bits per heavy atom. The Bertz CT molecular complexity index is 216. The van der Waals surface area contributed by atoms with Crippen LogP contribution in [0.25, 0.3) is 0 Å². The van der Waals surface area contributed by atoms with Gasteiger partial charge in [0.15, 0.2) is 0 Å². The molecule has 0 amide bonds. The van der Waals surface area contributed by atoms with Crippen molar-refractivity contribution < 1.29 is 16.3 Å². The van der Waals surface area contributed by atoms with E-state index in [0.717, 1.165) is 0 Å². The quantitative estimate of drug-likeness (QED) is 0.304. The molecule has 0 radical (unpaired) electrons. The van der Waals surface area contributed by atoms with E-state index in [9.17, 15) is 0 Å². The molecule has 0 bridgehead atoms. The summed E-state index contributed by atoms with van der Waals surface area (Å²) in [5.74, 6) is 1.24. The van der Waals surface area contributed by atoms with Gasteiger partial charge in [0, 0.05) is 0 Å². The number of unbranched alkanes of at least 4 members (excludes halogenated alkanes) is 3. The van der Waals surface area contributed by atoms with Crippen LogP contribution in [0.15, 0.2) is 29.2 Å². The summed E-state index contributed by atoms with van der Waals surface area (Å²) in [7, 11) is 0. The van der Waals surface area contributed by atoms with E-state index in [-0.39, 0.29) is 0 Å². The van der Waals surface area contributed by atoms with Crippen LogP contribution in [-0.4, -0.2) is 5.75 Å². The molecule has 0 aliphatic rings. The average molecular weight is 339 g/mol. The summed E-state index contributed by atoms with van der Waals surface area (Å²) in [5.41, 5.74) is 0. The Morgan fingerprint density at radius 1 is 1.27 bits per heavy atom. The van der Waals surface area contributed by atoms with Crippen molar-refractivity contribution >= 4 is 25.4 Å². The molecular weight excluding hydrogens is 321 g/mol. The van der Waals surface area contributed by atoms with Crippen LogP contribution in [0.1, 0.15) is 32.6 Å². The van der Waals surface area contributed by atoms with Gasteiger partial charge in [-0.15, -0.1) is 4.90 Å². The summed E-state index contributed by atoms with van der Waals surface area (Å²) >= 11 is 6.17. The zero-order valence-corrected chi connectivity index (χ0v) is 14.7. The van der Waals surface area contributed by atoms with Crippen molar-refractivity contribution in [1.82, 2.24) is 0 Å². The third kappa shape index (κ3) is 9.59. The first-order valence-electron chi connectivity index (χ1n) is 5.29. The van der Waals surface area contributed by atoms with Crippen LogP contribution in [0.5, 0.6) is 0 Å². The van der Waals surface area contributed by atoms with E-state index in [1.54, 1.807) is 0 Å². The molecule has 0 fully saturated rings. The predicted octanol–water partition coefficient (Wildman–Crippen LogP) is 5.00. The minimum atomic E-state index is 1.19. The fourth-order valence-corrected chi connectivity index (χ4v) is 2.07. The van der Waals surface area contributed by atoms with Gasteiger partial charge in [-0.05, 0) is 12.2 Å². The van der Waals surface area contributed by atoms with Gasteiger partial charge in [0.2, 0.25) is 0 Å². The van der Waals surface area contributed by atoms with Gasteiger partial charge in [0.05, 0.1) is 0 Å². The van der Waals surface area contributed by atoms with Gasteiger partial charge in [0.25, 0.3) is 0 Å². The van der Waals surface area contributed by atoms with E-state index in [2.05, 4.69) is 38.7 Å². The Kier molecular flexibility index (Phi) is 13.3. The molecule has 0 saturated heterocycles. The van der Waals surface area contributed by atoms with E-state index in [1.807, 2.05) is 23.9 Å². The average Bonchev–Trinajstić information content (AvgIpc) is 2.33. The number of hydrogen-bond acceptors (Lipinski definition) is 1. The third-order valence-electron chi connectivity index (χ3n) is 1.94. The molecule has 0 aliphatic carbocycles. The molecular formula is C12H17BrSZn. The molecule has 0 aliphatic heterocycles. The molecule has 1 aromatic carbocycles. The van der Waals surface area contributed by atoms with Crippen LogP contribution < -0.4 is 0 Å². The Morgan fingerprint density at radius 3 is 2.67 bits per heavy atom. The molecule has 80 valence electrons. The van der Waals surface area contributed by atoms with E-state index in [4.69, 9.17) is 0 Å². The monoisotopic (exact) mass is 336 g/mol. The van der Waals surface area contributed by atoms with E-state index >= 15 is 0 Å². The van der Waals surface area contributed by atoms with Crippen molar-refractivity contribution in [2.75, 3.05) is 5.75 Å². The van der Waals surface area contributed by atoms with E-state index in [1.165, 1.54) is 52.7 Å². The Labute approximate surface area is 115 Å². The molecule has 15 heavy (non-hydrogen) atoms. The molecule has 0 spiro atoms. The molecule has 0 unspecified atom stereocenters. The summed E-state index contributed by atoms with van der Waals surface area (Å²) in [6.45, 7) is 2.25. The van der Waals surface area contributed by atoms with Gasteiger partial charge in [-0.2, -0.15) is 42.1 Å². The topological polar surface area (TPSA) is 0 Å². The molecule has 1 aromatic rings. The molecule has 0 saturated carbocycles. The Hall–Kier alpha value is 0.673. The summed E-state index contributed by atoms with van der Waals surface area (Å²) < 4.78 is 0. The van der Waals surface area contributed by atoms with Crippen LogP contribution in [0.3, 0.4) is 0 Å². The summed E-state index contributed by atoms with van der Waals surface area (Å²) in [6, 6.07) is 11.4. The predicted molar refractivity (Wildman–Crippen MR) is 69.1 cm³/mol. The van der Waals surface area contributed by atoms with E-state index in [0.29, 0.717) is 0 Å². The number of benzene rings is 1. The second-order valence-electron chi connectivity index (χ2n) is 3.14. The minimum absolute atomic E-state index is 1.19. The number of thioether (sulfide) groups is 1. The maximum atomic E-state index is 3.22. The summed E-state index contributed by atoms with van der Waals surface area (Å²) in [6.07, 6.45) is 5.40. The molecule has 0 aromatic heterocycles. The van der Waals surface area contributed by atoms with Gasteiger partial charge in [0.1, 0.15) is 0 Å². The van der Waals surface area contributed by atoms with Crippen molar-refractivity contribution in [2.45, 2.75) is 37.5 Å². The van der Waals surface area contributed by atoms with Crippen molar-refractivity contribution in [3.05, 3.63) is 30.3 Å². The van der Waals surface area contributed by atoms with Crippen molar-refractivity contribution in [3.8, 4) is 0 Å². The van der Waals surface area contributed by atoms with Crippen molar-refractivity contribution in [1.29, 1.82) is 0 Å². The molecule has 0 atom stereocenters. The molecule has 1 rings (SSSR count). The maximum absolute atomic E-state index is 3.22. The normalized spacial score (nSPS) is 9.33. The van der Waals surface area contributed by atoms with Crippen LogP contribution in [-0.2, 0) is 16.3 Å².